The molecule has 74 valence electrons. The zero-order valence-corrected chi connectivity index (χ0v) is 9.50. The lowest BCUT2D eigenvalue weighted by molar-refractivity contribution is 0.0934. The highest BCUT2D eigenvalue weighted by Gasteiger charge is 2.20. The summed E-state index contributed by atoms with van der Waals surface area (Å²) in [5, 5.41) is 4.92. The number of hydrogen-bond acceptors (Lipinski definition) is 2. The number of thiophene rings is 1. The van der Waals surface area contributed by atoms with Crippen molar-refractivity contribution in [2.75, 3.05) is 0 Å². The number of nitrogens with one attached hydrogen (secondary N) is 1. The molecule has 1 amide bonds. The summed E-state index contributed by atoms with van der Waals surface area (Å²) in [7, 11) is 0. The number of carbonyl (C=O) groups is 1. The van der Waals surface area contributed by atoms with Gasteiger partial charge in [-0.1, -0.05) is 17.5 Å². The molecule has 4 heteroatoms. The second-order valence-electron chi connectivity index (χ2n) is 3.32. The van der Waals surface area contributed by atoms with E-state index in [1.54, 1.807) is 25.3 Å². The van der Waals surface area contributed by atoms with Crippen LogP contribution in [0.15, 0.2) is 11.4 Å². The summed E-state index contributed by atoms with van der Waals surface area (Å²) >= 11 is 7.10. The van der Waals surface area contributed by atoms with Crippen molar-refractivity contribution in [1.82, 2.24) is 5.32 Å². The molecule has 0 bridgehead atoms. The molecule has 0 atom stereocenters. The molecule has 1 rings (SSSR count). The van der Waals surface area contributed by atoms with E-state index in [0.717, 1.165) is 0 Å². The van der Waals surface area contributed by atoms with Gasteiger partial charge in [0.25, 0.3) is 5.91 Å². The lowest BCUT2D eigenvalue weighted by Crippen LogP contribution is -2.41. The van der Waals surface area contributed by atoms with Gasteiger partial charge in [0.15, 0.2) is 0 Å². The summed E-state index contributed by atoms with van der Waals surface area (Å²) in [6.07, 6.45) is 5.25. The molecule has 0 aliphatic carbocycles. The minimum atomic E-state index is -0.648. The normalized spacial score (nSPS) is 10.7. The molecule has 1 N–H and O–H groups in total. The highest BCUT2D eigenvalue weighted by Crippen LogP contribution is 2.22. The van der Waals surface area contributed by atoms with Crippen molar-refractivity contribution in [1.29, 1.82) is 0 Å². The fourth-order valence-corrected chi connectivity index (χ4v) is 1.87. The molecule has 1 aromatic rings. The third kappa shape index (κ3) is 2.50. The molecular formula is C10H10ClNOS. The molecule has 0 aliphatic heterocycles. The Bertz CT molecular complexity index is 389. The van der Waals surface area contributed by atoms with Gasteiger partial charge < -0.3 is 5.32 Å². The minimum Gasteiger partial charge on any atom is -0.336 e. The Labute approximate surface area is 92.3 Å². The minimum absolute atomic E-state index is 0.229. The Hall–Kier alpha value is -0.980. The van der Waals surface area contributed by atoms with E-state index in [1.807, 2.05) is 0 Å². The van der Waals surface area contributed by atoms with Crippen LogP contribution in [-0.4, -0.2) is 11.4 Å². The molecule has 1 heterocycles. The molecule has 0 spiro atoms. The number of amides is 1. The summed E-state index contributed by atoms with van der Waals surface area (Å²) in [6.45, 7) is 3.51. The highest BCUT2D eigenvalue weighted by molar-refractivity contribution is 7.12. The van der Waals surface area contributed by atoms with E-state index in [2.05, 4.69) is 11.2 Å². The smallest absolute Gasteiger partial charge is 0.264 e. The molecule has 2 nitrogen and oxygen atoms in total. The summed E-state index contributed by atoms with van der Waals surface area (Å²) in [4.78, 5) is 12.1. The maximum atomic E-state index is 11.6. The first-order chi connectivity index (χ1) is 6.46. The van der Waals surface area contributed by atoms with E-state index >= 15 is 0 Å². The first kappa shape index (κ1) is 11.1. The zero-order chi connectivity index (χ0) is 10.8. The lowest BCUT2D eigenvalue weighted by atomic mass is 10.1. The fraction of sp³-hybridized carbons (Fsp3) is 0.300. The molecule has 1 aromatic heterocycles. The van der Waals surface area contributed by atoms with Gasteiger partial charge in [-0.3, -0.25) is 4.79 Å². The molecule has 0 unspecified atom stereocenters. The van der Waals surface area contributed by atoms with Gasteiger partial charge in [0, 0.05) is 0 Å². The van der Waals surface area contributed by atoms with E-state index in [1.165, 1.54) is 11.3 Å². The van der Waals surface area contributed by atoms with Gasteiger partial charge >= 0.3 is 0 Å². The SMILES string of the molecule is C#CC(C)(C)NC(=O)c1sccc1Cl. The van der Waals surface area contributed by atoms with E-state index in [4.69, 9.17) is 18.0 Å². The molecule has 0 aliphatic rings. The number of terminal acetylenes is 1. The maximum Gasteiger partial charge on any atom is 0.264 e. The van der Waals surface area contributed by atoms with Gasteiger partial charge in [0.05, 0.1) is 10.6 Å². The molecule has 0 fully saturated rings. The zero-order valence-electron chi connectivity index (χ0n) is 7.93. The average molecular weight is 228 g/mol. The standard InChI is InChI=1S/C10H10ClNOS/c1-4-10(2,3)12-9(13)8-7(11)5-6-14-8/h1,5-6H,2-3H3,(H,12,13). The molecule has 14 heavy (non-hydrogen) atoms. The van der Waals surface area contributed by atoms with Crippen LogP contribution in [0.4, 0.5) is 0 Å². The van der Waals surface area contributed by atoms with Crippen LogP contribution in [0.25, 0.3) is 0 Å². The predicted molar refractivity (Wildman–Crippen MR) is 59.7 cm³/mol. The topological polar surface area (TPSA) is 29.1 Å². The van der Waals surface area contributed by atoms with Crippen LogP contribution >= 0.6 is 22.9 Å². The Kier molecular flexibility index (Phi) is 3.20. The predicted octanol–water partition coefficient (Wildman–Crippen LogP) is 2.54. The van der Waals surface area contributed by atoms with Crippen molar-refractivity contribution in [3.63, 3.8) is 0 Å². The van der Waals surface area contributed by atoms with E-state index in [-0.39, 0.29) is 5.91 Å². The first-order valence-electron chi connectivity index (χ1n) is 3.99. The number of carbonyl (C=O) groups excluding carboxylic acids is 1. The van der Waals surface area contributed by atoms with Gasteiger partial charge in [0.2, 0.25) is 0 Å². The molecule has 0 saturated heterocycles. The Morgan fingerprint density at radius 2 is 2.36 bits per heavy atom. The van der Waals surface area contributed by atoms with Crippen molar-refractivity contribution in [3.8, 4) is 12.3 Å². The van der Waals surface area contributed by atoms with Crippen LogP contribution in [0.2, 0.25) is 5.02 Å². The van der Waals surface area contributed by atoms with Crippen molar-refractivity contribution < 1.29 is 4.79 Å². The summed E-state index contributed by atoms with van der Waals surface area (Å²) in [6, 6.07) is 1.68. The van der Waals surface area contributed by atoms with Crippen molar-refractivity contribution in [3.05, 3.63) is 21.3 Å². The third-order valence-electron chi connectivity index (χ3n) is 1.61. The summed E-state index contributed by atoms with van der Waals surface area (Å²) < 4.78 is 0. The van der Waals surface area contributed by atoms with Crippen molar-refractivity contribution in [2.45, 2.75) is 19.4 Å². The van der Waals surface area contributed by atoms with Crippen LogP contribution in [0.3, 0.4) is 0 Å². The Morgan fingerprint density at radius 1 is 1.71 bits per heavy atom. The summed E-state index contributed by atoms with van der Waals surface area (Å²) in [5.74, 6) is 2.25. The average Bonchev–Trinajstić information content (AvgIpc) is 2.51. The third-order valence-corrected chi connectivity index (χ3v) is 2.95. The maximum absolute atomic E-state index is 11.6. The van der Waals surface area contributed by atoms with Crippen molar-refractivity contribution in [2.24, 2.45) is 0 Å². The van der Waals surface area contributed by atoms with Crippen molar-refractivity contribution >= 4 is 28.8 Å². The van der Waals surface area contributed by atoms with E-state index in [0.29, 0.717) is 9.90 Å². The molecule has 0 radical (unpaired) electrons. The van der Waals surface area contributed by atoms with Crippen LogP contribution < -0.4 is 5.32 Å². The Morgan fingerprint density at radius 3 is 2.79 bits per heavy atom. The highest BCUT2D eigenvalue weighted by atomic mass is 35.5. The first-order valence-corrected chi connectivity index (χ1v) is 5.25. The van der Waals surface area contributed by atoms with E-state index in [9.17, 15) is 4.79 Å². The lowest BCUT2D eigenvalue weighted by Gasteiger charge is -2.18. The number of rotatable bonds is 2. The monoisotopic (exact) mass is 227 g/mol. The van der Waals surface area contributed by atoms with Gasteiger partial charge in [-0.25, -0.2) is 0 Å². The van der Waals surface area contributed by atoms with E-state index < -0.39 is 5.54 Å². The van der Waals surface area contributed by atoms with Gasteiger partial charge in [-0.15, -0.1) is 17.8 Å². The van der Waals surface area contributed by atoms with Crippen LogP contribution in [0.1, 0.15) is 23.5 Å². The van der Waals surface area contributed by atoms with Crippen LogP contribution in [-0.2, 0) is 0 Å². The second kappa shape index (κ2) is 4.04. The quantitative estimate of drug-likeness (QED) is 0.773. The summed E-state index contributed by atoms with van der Waals surface area (Å²) in [5.41, 5.74) is -0.648. The number of halogens is 1. The Balaban J connectivity index is 2.80. The number of hydrogen-bond donors (Lipinski definition) is 1. The van der Waals surface area contributed by atoms with Gasteiger partial charge in [-0.2, -0.15) is 0 Å². The fourth-order valence-electron chi connectivity index (χ4n) is 0.832. The molecule has 0 aromatic carbocycles. The van der Waals surface area contributed by atoms with Crippen LogP contribution in [0.5, 0.6) is 0 Å². The van der Waals surface area contributed by atoms with Gasteiger partial charge in [0.1, 0.15) is 4.88 Å². The molecular weight excluding hydrogens is 218 g/mol. The largest absolute Gasteiger partial charge is 0.336 e. The second-order valence-corrected chi connectivity index (χ2v) is 4.64. The van der Waals surface area contributed by atoms with Crippen LogP contribution in [0, 0.1) is 12.3 Å². The van der Waals surface area contributed by atoms with Gasteiger partial charge in [-0.05, 0) is 25.3 Å². The molecule has 0 saturated carbocycles.